The minimum Gasteiger partial charge on any atom is -0.504 e. The van der Waals surface area contributed by atoms with Gasteiger partial charge < -0.3 is 44.0 Å². The number of aromatic hydroxyl groups is 2. The van der Waals surface area contributed by atoms with E-state index in [0.29, 0.717) is 42.9 Å². The van der Waals surface area contributed by atoms with Gasteiger partial charge in [0.15, 0.2) is 23.0 Å². The molecule has 1 spiro atoms. The molecule has 2 aliphatic heterocycles. The Labute approximate surface area is 226 Å². The number of carbonyl (C=O) groups is 1. The minimum absolute atomic E-state index is 0.0333. The Balaban J connectivity index is 1.39. The molecule has 6 rings (SSSR count). The minimum atomic E-state index is -1.28. The molecule has 2 saturated heterocycles. The number of benzene rings is 2. The third kappa shape index (κ3) is 3.32. The van der Waals surface area contributed by atoms with E-state index in [1.165, 1.54) is 26.4 Å². The molecule has 2 aliphatic carbocycles. The molecule has 208 valence electrons. The van der Waals surface area contributed by atoms with E-state index < -0.39 is 34.9 Å². The van der Waals surface area contributed by atoms with Crippen LogP contribution >= 0.6 is 0 Å². The van der Waals surface area contributed by atoms with E-state index in [4.69, 9.17) is 28.4 Å². The number of nitrogens with one attached hydrogen (secondary N) is 1. The van der Waals surface area contributed by atoms with Crippen molar-refractivity contribution in [3.63, 3.8) is 0 Å². The van der Waals surface area contributed by atoms with Gasteiger partial charge in [-0.3, -0.25) is 0 Å². The van der Waals surface area contributed by atoms with E-state index in [1.807, 2.05) is 6.07 Å². The number of phenolic OH excluding ortho intramolecular Hbond substituents is 2. The Bertz CT molecular complexity index is 1340. The molecule has 0 aromatic heterocycles. The fourth-order valence-electron chi connectivity index (χ4n) is 7.70. The SMILES string of the molecule is COc1ccc(/C=C\C(=O)O[C@H]2C[C@]34CCN[C@@]35C[C@H](O[C@@]5(OC)[C@H]2OC)c2ccc(OC)c(O)c24)cc1O. The van der Waals surface area contributed by atoms with Crippen molar-refractivity contribution < 1.29 is 43.4 Å². The highest BCUT2D eigenvalue weighted by Gasteiger charge is 2.81. The van der Waals surface area contributed by atoms with E-state index in [1.54, 1.807) is 38.5 Å². The van der Waals surface area contributed by atoms with Crippen molar-refractivity contribution in [2.75, 3.05) is 35.0 Å². The first kappa shape index (κ1) is 25.9. The maximum atomic E-state index is 13.1. The van der Waals surface area contributed by atoms with E-state index in [0.717, 1.165) is 11.1 Å². The number of methoxy groups -OCH3 is 4. The second kappa shape index (κ2) is 9.12. The molecule has 2 aromatic rings. The molecule has 2 aromatic carbocycles. The highest BCUT2D eigenvalue weighted by Crippen LogP contribution is 2.71. The van der Waals surface area contributed by atoms with Gasteiger partial charge >= 0.3 is 5.97 Å². The van der Waals surface area contributed by atoms with Crippen molar-refractivity contribution in [2.24, 2.45) is 0 Å². The summed E-state index contributed by atoms with van der Waals surface area (Å²) in [7, 11) is 6.13. The number of hydrogen-bond acceptors (Lipinski definition) is 10. The fourth-order valence-corrected chi connectivity index (χ4v) is 7.70. The normalized spacial score (nSPS) is 34.0. The van der Waals surface area contributed by atoms with Crippen LogP contribution < -0.4 is 14.8 Å². The smallest absolute Gasteiger partial charge is 0.331 e. The molecule has 10 nitrogen and oxygen atoms in total. The quantitative estimate of drug-likeness (QED) is 0.357. The van der Waals surface area contributed by atoms with Crippen LogP contribution in [0.5, 0.6) is 23.0 Å². The predicted octanol–water partition coefficient (Wildman–Crippen LogP) is 2.95. The van der Waals surface area contributed by atoms with Gasteiger partial charge in [-0.05, 0) is 54.8 Å². The summed E-state index contributed by atoms with van der Waals surface area (Å²) >= 11 is 0. The lowest BCUT2D eigenvalue weighted by atomic mass is 9.50. The van der Waals surface area contributed by atoms with Gasteiger partial charge in [-0.2, -0.15) is 0 Å². The van der Waals surface area contributed by atoms with Crippen molar-refractivity contribution in [3.05, 3.63) is 53.1 Å². The maximum absolute atomic E-state index is 13.1. The van der Waals surface area contributed by atoms with Crippen LogP contribution in [0.3, 0.4) is 0 Å². The Morgan fingerprint density at radius 1 is 1.08 bits per heavy atom. The van der Waals surface area contributed by atoms with Crippen molar-refractivity contribution >= 4 is 12.0 Å². The van der Waals surface area contributed by atoms with Crippen molar-refractivity contribution in [1.29, 1.82) is 0 Å². The van der Waals surface area contributed by atoms with Crippen molar-refractivity contribution in [2.45, 2.75) is 54.3 Å². The molecule has 0 radical (unpaired) electrons. The molecular formula is C29H33NO9. The molecule has 2 bridgehead atoms. The first-order valence-electron chi connectivity index (χ1n) is 13.0. The highest BCUT2D eigenvalue weighted by molar-refractivity contribution is 5.87. The zero-order valence-electron chi connectivity index (χ0n) is 22.4. The molecule has 6 atom stereocenters. The Morgan fingerprint density at radius 3 is 2.54 bits per heavy atom. The molecule has 2 heterocycles. The molecular weight excluding hydrogens is 506 g/mol. The third-order valence-electron chi connectivity index (χ3n) is 9.12. The average Bonchev–Trinajstić information content (AvgIpc) is 3.48. The van der Waals surface area contributed by atoms with Crippen LogP contribution in [0, 0.1) is 0 Å². The van der Waals surface area contributed by atoms with Gasteiger partial charge in [-0.1, -0.05) is 12.1 Å². The summed E-state index contributed by atoms with van der Waals surface area (Å²) in [6.07, 6.45) is 2.70. The second-order valence-electron chi connectivity index (χ2n) is 10.5. The van der Waals surface area contributed by atoms with Crippen LogP contribution in [0.4, 0.5) is 0 Å². The number of rotatable bonds is 7. The summed E-state index contributed by atoms with van der Waals surface area (Å²) < 4.78 is 35.5. The summed E-state index contributed by atoms with van der Waals surface area (Å²) in [5.41, 5.74) is 0.854. The van der Waals surface area contributed by atoms with Crippen LogP contribution in [0.1, 0.15) is 42.1 Å². The molecule has 1 saturated carbocycles. The van der Waals surface area contributed by atoms with E-state index in [-0.39, 0.29) is 17.6 Å². The topological polar surface area (TPSA) is 125 Å². The molecule has 10 heteroatoms. The van der Waals surface area contributed by atoms with Crippen LogP contribution in [-0.4, -0.2) is 74.7 Å². The zero-order chi connectivity index (χ0) is 27.6. The largest absolute Gasteiger partial charge is 0.504 e. The van der Waals surface area contributed by atoms with Crippen LogP contribution in [-0.2, 0) is 29.2 Å². The highest BCUT2D eigenvalue weighted by atomic mass is 16.7. The van der Waals surface area contributed by atoms with Gasteiger partial charge in [0.1, 0.15) is 12.2 Å². The lowest BCUT2D eigenvalue weighted by Gasteiger charge is -2.59. The summed E-state index contributed by atoms with van der Waals surface area (Å²) in [6, 6.07) is 8.52. The molecule has 0 amide bonds. The molecule has 0 unspecified atom stereocenters. The van der Waals surface area contributed by atoms with Gasteiger partial charge in [0.25, 0.3) is 0 Å². The van der Waals surface area contributed by atoms with Crippen LogP contribution in [0.25, 0.3) is 6.08 Å². The molecule has 3 N–H and O–H groups in total. The third-order valence-corrected chi connectivity index (χ3v) is 9.12. The maximum Gasteiger partial charge on any atom is 0.331 e. The Kier molecular flexibility index (Phi) is 6.07. The predicted molar refractivity (Wildman–Crippen MR) is 139 cm³/mol. The van der Waals surface area contributed by atoms with Crippen LogP contribution in [0.2, 0.25) is 0 Å². The van der Waals surface area contributed by atoms with Gasteiger partial charge in [-0.15, -0.1) is 0 Å². The summed E-state index contributed by atoms with van der Waals surface area (Å²) in [6.45, 7) is 0.662. The molecule has 39 heavy (non-hydrogen) atoms. The molecule has 4 aliphatic rings. The Hall–Kier alpha value is -3.31. The average molecular weight is 540 g/mol. The van der Waals surface area contributed by atoms with Gasteiger partial charge in [0, 0.05) is 37.7 Å². The van der Waals surface area contributed by atoms with Crippen molar-refractivity contribution in [1.82, 2.24) is 5.32 Å². The first-order chi connectivity index (χ1) is 18.8. The standard InChI is InChI=1S/C29H33NO9/c1-34-19-8-5-16(13-18(19)31)6-10-23(32)38-22-14-27-11-12-30-28(27)15-21(39-29(28,37-4)26(22)36-3)17-7-9-20(35-2)25(33)24(17)27/h5-10,13,21-22,26,30-31,33H,11-12,14-15H2,1-4H3/b10-6-/t21-,22-,26-,27-,28-,29-/m0/s1. The van der Waals surface area contributed by atoms with Gasteiger partial charge in [-0.25, -0.2) is 4.79 Å². The number of fused-ring (bicyclic) bond motifs is 3. The van der Waals surface area contributed by atoms with E-state index in [2.05, 4.69) is 5.32 Å². The summed E-state index contributed by atoms with van der Waals surface area (Å²) in [5.74, 6) is -1.11. The first-order valence-corrected chi connectivity index (χ1v) is 13.0. The fraction of sp³-hybridized carbons (Fsp3) is 0.483. The summed E-state index contributed by atoms with van der Waals surface area (Å²) in [4.78, 5) is 13.1. The summed E-state index contributed by atoms with van der Waals surface area (Å²) in [5, 5.41) is 25.2. The number of esters is 1. The zero-order valence-corrected chi connectivity index (χ0v) is 22.4. The van der Waals surface area contributed by atoms with E-state index in [9.17, 15) is 15.0 Å². The number of phenols is 2. The number of hydrogen-bond donors (Lipinski definition) is 3. The van der Waals surface area contributed by atoms with Gasteiger partial charge in [0.05, 0.1) is 25.9 Å². The monoisotopic (exact) mass is 539 g/mol. The van der Waals surface area contributed by atoms with Crippen LogP contribution in [0.15, 0.2) is 36.4 Å². The van der Waals surface area contributed by atoms with Gasteiger partial charge in [0.2, 0.25) is 5.79 Å². The van der Waals surface area contributed by atoms with E-state index >= 15 is 0 Å². The number of ether oxygens (including phenoxy) is 6. The Morgan fingerprint density at radius 2 is 1.85 bits per heavy atom. The number of carbonyl (C=O) groups excluding carboxylic acids is 1. The lowest BCUT2D eigenvalue weighted by Crippen LogP contribution is -2.78. The lowest BCUT2D eigenvalue weighted by molar-refractivity contribution is -0.328. The molecule has 3 fully saturated rings. The second-order valence-corrected chi connectivity index (χ2v) is 10.5. The van der Waals surface area contributed by atoms with Crippen molar-refractivity contribution in [3.8, 4) is 23.0 Å².